The molecule has 1 atom stereocenters. The molecule has 0 amide bonds. The van der Waals surface area contributed by atoms with Crippen LogP contribution in [0.15, 0.2) is 22.8 Å². The lowest BCUT2D eigenvalue weighted by atomic mass is 10.1. The van der Waals surface area contributed by atoms with Crippen molar-refractivity contribution in [3.63, 3.8) is 0 Å². The topological polar surface area (TPSA) is 51.5 Å². The molecule has 1 aliphatic carbocycles. The summed E-state index contributed by atoms with van der Waals surface area (Å²) in [6, 6.07) is 4.30. The van der Waals surface area contributed by atoms with Gasteiger partial charge in [-0.2, -0.15) is 11.8 Å². The Hall–Kier alpha value is -0.940. The summed E-state index contributed by atoms with van der Waals surface area (Å²) in [6.45, 7) is 4.19. The van der Waals surface area contributed by atoms with E-state index in [2.05, 4.69) is 5.32 Å². The molecule has 2 rings (SSSR count). The summed E-state index contributed by atoms with van der Waals surface area (Å²) >= 11 is 1.68. The summed E-state index contributed by atoms with van der Waals surface area (Å²) in [5.74, 6) is 2.23. The van der Waals surface area contributed by atoms with Crippen molar-refractivity contribution in [2.75, 3.05) is 12.4 Å². The Morgan fingerprint density at radius 1 is 1.63 bits per heavy atom. The van der Waals surface area contributed by atoms with Gasteiger partial charge in [0.2, 0.25) is 0 Å². The number of carbonyl (C=O) groups is 1. The van der Waals surface area contributed by atoms with Crippen LogP contribution in [0.4, 0.5) is 0 Å². The van der Waals surface area contributed by atoms with Crippen molar-refractivity contribution in [1.29, 1.82) is 0 Å². The van der Waals surface area contributed by atoms with E-state index in [0.29, 0.717) is 18.4 Å². The highest BCUT2D eigenvalue weighted by Gasteiger charge is 2.39. The molecule has 1 N–H and O–H groups in total. The van der Waals surface area contributed by atoms with Gasteiger partial charge in [0.25, 0.3) is 0 Å². The minimum Gasteiger partial charge on any atom is -0.468 e. The third-order valence-electron chi connectivity index (χ3n) is 3.04. The molecule has 0 saturated heterocycles. The van der Waals surface area contributed by atoms with Gasteiger partial charge in [0.15, 0.2) is 0 Å². The van der Waals surface area contributed by atoms with Crippen molar-refractivity contribution in [2.45, 2.75) is 44.0 Å². The van der Waals surface area contributed by atoms with Crippen LogP contribution in [-0.2, 0) is 15.3 Å². The molecule has 5 heteroatoms. The Labute approximate surface area is 118 Å². The first-order chi connectivity index (χ1) is 9.14. The predicted octanol–water partition coefficient (Wildman–Crippen LogP) is 2.59. The zero-order valence-corrected chi connectivity index (χ0v) is 12.3. The first-order valence-corrected chi connectivity index (χ1v) is 7.84. The SMILES string of the molecule is CCOC(=O)C(C)(CSCc1ccco1)NC1CC1. The van der Waals surface area contributed by atoms with Gasteiger partial charge in [0.05, 0.1) is 18.6 Å². The standard InChI is InChI=1S/C14H21NO3S/c1-3-17-13(16)14(2,15-11-6-7-11)10-19-9-12-5-4-8-18-12/h4-5,8,11,15H,3,6-7,9-10H2,1-2H3. The number of esters is 1. The fourth-order valence-electron chi connectivity index (χ4n) is 1.88. The van der Waals surface area contributed by atoms with Crippen molar-refractivity contribution in [1.82, 2.24) is 5.32 Å². The Kier molecular flexibility index (Phi) is 4.93. The molecule has 0 aromatic carbocycles. The van der Waals surface area contributed by atoms with E-state index in [1.165, 1.54) is 0 Å². The monoisotopic (exact) mass is 283 g/mol. The fourth-order valence-corrected chi connectivity index (χ4v) is 2.96. The molecular weight excluding hydrogens is 262 g/mol. The first kappa shape index (κ1) is 14.5. The molecular formula is C14H21NO3S. The van der Waals surface area contributed by atoms with Gasteiger partial charge in [-0.05, 0) is 38.8 Å². The molecule has 0 bridgehead atoms. The lowest BCUT2D eigenvalue weighted by molar-refractivity contribution is -0.149. The molecule has 19 heavy (non-hydrogen) atoms. The summed E-state index contributed by atoms with van der Waals surface area (Å²) < 4.78 is 10.5. The van der Waals surface area contributed by atoms with Crippen LogP contribution in [-0.4, -0.2) is 29.9 Å². The lowest BCUT2D eigenvalue weighted by Crippen LogP contribution is -2.53. The maximum Gasteiger partial charge on any atom is 0.326 e. The zero-order chi connectivity index (χ0) is 13.7. The normalized spacial score (nSPS) is 18.0. The number of thioether (sulfide) groups is 1. The van der Waals surface area contributed by atoms with Crippen LogP contribution in [0.1, 0.15) is 32.4 Å². The summed E-state index contributed by atoms with van der Waals surface area (Å²) in [4.78, 5) is 12.1. The van der Waals surface area contributed by atoms with E-state index in [1.54, 1.807) is 18.0 Å². The minimum absolute atomic E-state index is 0.158. The number of nitrogens with one attached hydrogen (secondary N) is 1. The summed E-state index contributed by atoms with van der Waals surface area (Å²) in [5, 5.41) is 3.41. The Morgan fingerprint density at radius 3 is 3.00 bits per heavy atom. The van der Waals surface area contributed by atoms with Gasteiger partial charge >= 0.3 is 5.97 Å². The molecule has 1 fully saturated rings. The third-order valence-corrected chi connectivity index (χ3v) is 4.31. The van der Waals surface area contributed by atoms with E-state index in [1.807, 2.05) is 26.0 Å². The van der Waals surface area contributed by atoms with Crippen molar-refractivity contribution < 1.29 is 13.9 Å². The van der Waals surface area contributed by atoms with Crippen LogP contribution in [0.3, 0.4) is 0 Å². The third kappa shape index (κ3) is 4.28. The van der Waals surface area contributed by atoms with Crippen molar-refractivity contribution in [2.24, 2.45) is 0 Å². The highest BCUT2D eigenvalue weighted by molar-refractivity contribution is 7.98. The summed E-state index contributed by atoms with van der Waals surface area (Å²) in [5.41, 5.74) is -0.603. The molecule has 0 spiro atoms. The molecule has 1 aromatic rings. The van der Waals surface area contributed by atoms with Crippen molar-refractivity contribution >= 4 is 17.7 Å². The maximum atomic E-state index is 12.1. The van der Waals surface area contributed by atoms with Gasteiger partial charge in [0, 0.05) is 11.8 Å². The second-order valence-electron chi connectivity index (χ2n) is 5.04. The number of carbonyl (C=O) groups excluding carboxylic acids is 1. The van der Waals surface area contributed by atoms with Crippen LogP contribution in [0, 0.1) is 0 Å². The van der Waals surface area contributed by atoms with Crippen molar-refractivity contribution in [3.05, 3.63) is 24.2 Å². The van der Waals surface area contributed by atoms with E-state index in [-0.39, 0.29) is 5.97 Å². The van der Waals surface area contributed by atoms with E-state index in [4.69, 9.17) is 9.15 Å². The zero-order valence-electron chi connectivity index (χ0n) is 11.5. The molecule has 4 nitrogen and oxygen atoms in total. The van der Waals surface area contributed by atoms with Gasteiger partial charge in [0.1, 0.15) is 11.3 Å². The highest BCUT2D eigenvalue weighted by Crippen LogP contribution is 2.26. The van der Waals surface area contributed by atoms with Crippen LogP contribution in [0.25, 0.3) is 0 Å². The average Bonchev–Trinajstić information content (AvgIpc) is 3.03. The molecule has 1 heterocycles. The quantitative estimate of drug-likeness (QED) is 0.743. The average molecular weight is 283 g/mol. The van der Waals surface area contributed by atoms with E-state index >= 15 is 0 Å². The van der Waals surface area contributed by atoms with E-state index < -0.39 is 5.54 Å². The second-order valence-corrected chi connectivity index (χ2v) is 6.03. The largest absolute Gasteiger partial charge is 0.468 e. The molecule has 1 saturated carbocycles. The first-order valence-electron chi connectivity index (χ1n) is 6.69. The predicted molar refractivity (Wildman–Crippen MR) is 76.1 cm³/mol. The molecule has 0 radical (unpaired) electrons. The lowest BCUT2D eigenvalue weighted by Gasteiger charge is -2.28. The van der Waals surface area contributed by atoms with Gasteiger partial charge in [-0.1, -0.05) is 0 Å². The van der Waals surface area contributed by atoms with Crippen LogP contribution >= 0.6 is 11.8 Å². The molecule has 1 unspecified atom stereocenters. The van der Waals surface area contributed by atoms with Crippen molar-refractivity contribution in [3.8, 4) is 0 Å². The summed E-state index contributed by atoms with van der Waals surface area (Å²) in [6.07, 6.45) is 3.97. The molecule has 0 aliphatic heterocycles. The number of hydrogen-bond donors (Lipinski definition) is 1. The van der Waals surface area contributed by atoms with Crippen LogP contribution < -0.4 is 5.32 Å². The minimum atomic E-state index is -0.603. The number of furan rings is 1. The molecule has 1 aromatic heterocycles. The molecule has 1 aliphatic rings. The van der Waals surface area contributed by atoms with Gasteiger partial charge in [-0.25, -0.2) is 0 Å². The smallest absolute Gasteiger partial charge is 0.326 e. The summed E-state index contributed by atoms with van der Waals surface area (Å²) in [7, 11) is 0. The number of rotatable bonds is 8. The number of hydrogen-bond acceptors (Lipinski definition) is 5. The van der Waals surface area contributed by atoms with Crippen LogP contribution in [0.5, 0.6) is 0 Å². The highest BCUT2D eigenvalue weighted by atomic mass is 32.2. The Morgan fingerprint density at radius 2 is 2.42 bits per heavy atom. The Bertz CT molecular complexity index is 403. The van der Waals surface area contributed by atoms with Gasteiger partial charge < -0.3 is 9.15 Å². The van der Waals surface area contributed by atoms with Gasteiger partial charge in [-0.3, -0.25) is 10.1 Å². The van der Waals surface area contributed by atoms with E-state index in [0.717, 1.165) is 24.4 Å². The van der Waals surface area contributed by atoms with Gasteiger partial charge in [-0.15, -0.1) is 0 Å². The second kappa shape index (κ2) is 6.48. The maximum absolute atomic E-state index is 12.1. The number of ether oxygens (including phenoxy) is 1. The Balaban J connectivity index is 1.86. The van der Waals surface area contributed by atoms with Crippen LogP contribution in [0.2, 0.25) is 0 Å². The fraction of sp³-hybridized carbons (Fsp3) is 0.643. The van der Waals surface area contributed by atoms with E-state index in [9.17, 15) is 4.79 Å². The molecule has 106 valence electrons.